The number of amides is 1. The number of anilines is 1. The first-order chi connectivity index (χ1) is 15.9. The Kier molecular flexibility index (Phi) is 7.06. The van der Waals surface area contributed by atoms with Gasteiger partial charge in [-0.3, -0.25) is 19.4 Å². The van der Waals surface area contributed by atoms with Crippen LogP contribution in [0.2, 0.25) is 0 Å². The van der Waals surface area contributed by atoms with Gasteiger partial charge < -0.3 is 9.88 Å². The van der Waals surface area contributed by atoms with E-state index in [1.165, 1.54) is 5.56 Å². The molecule has 0 bridgehead atoms. The molecule has 172 valence electrons. The van der Waals surface area contributed by atoms with Crippen molar-refractivity contribution in [3.05, 3.63) is 83.2 Å². The second-order valence-corrected chi connectivity index (χ2v) is 8.85. The summed E-state index contributed by atoms with van der Waals surface area (Å²) in [6.07, 6.45) is 0. The predicted octanol–water partition coefficient (Wildman–Crippen LogP) is 3.84. The van der Waals surface area contributed by atoms with Gasteiger partial charge >= 0.3 is 0 Å². The minimum absolute atomic E-state index is 0.00530. The van der Waals surface area contributed by atoms with Crippen LogP contribution in [0.4, 0.5) is 5.69 Å². The molecule has 0 atom stereocenters. The number of ketones is 1. The van der Waals surface area contributed by atoms with Gasteiger partial charge in [0, 0.05) is 54.5 Å². The van der Waals surface area contributed by atoms with Crippen molar-refractivity contribution >= 4 is 17.4 Å². The van der Waals surface area contributed by atoms with Gasteiger partial charge in [0.15, 0.2) is 5.78 Å². The molecular weight excluding hydrogens is 412 g/mol. The van der Waals surface area contributed by atoms with Crippen molar-refractivity contribution < 1.29 is 9.59 Å². The number of nitrogens with one attached hydrogen (secondary N) is 1. The molecule has 0 spiro atoms. The molecule has 6 nitrogen and oxygen atoms in total. The number of aryl methyl sites for hydroxylation is 2. The fourth-order valence-electron chi connectivity index (χ4n) is 4.46. The van der Waals surface area contributed by atoms with Gasteiger partial charge in [0.1, 0.15) is 0 Å². The molecule has 0 saturated carbocycles. The zero-order chi connectivity index (χ0) is 23.4. The summed E-state index contributed by atoms with van der Waals surface area (Å²) in [6.45, 7) is 10.0. The number of carbonyl (C=O) groups excluding carboxylic acids is 2. The quantitative estimate of drug-likeness (QED) is 0.563. The van der Waals surface area contributed by atoms with Crippen molar-refractivity contribution in [3.63, 3.8) is 0 Å². The Bertz CT molecular complexity index is 1110. The molecule has 1 aliphatic rings. The lowest BCUT2D eigenvalue weighted by Gasteiger charge is -2.33. The molecule has 1 fully saturated rings. The Hall–Kier alpha value is -3.22. The third kappa shape index (κ3) is 5.59. The van der Waals surface area contributed by atoms with Gasteiger partial charge in [-0.15, -0.1) is 0 Å². The molecule has 0 unspecified atom stereocenters. The van der Waals surface area contributed by atoms with Crippen molar-refractivity contribution in [3.8, 4) is 5.69 Å². The van der Waals surface area contributed by atoms with Crippen LogP contribution in [0.1, 0.15) is 27.3 Å². The van der Waals surface area contributed by atoms with E-state index in [4.69, 9.17) is 0 Å². The molecule has 2 aromatic carbocycles. The molecule has 6 heteroatoms. The summed E-state index contributed by atoms with van der Waals surface area (Å²) in [5, 5.41) is 2.93. The lowest BCUT2D eigenvalue weighted by atomic mass is 10.1. The maximum Gasteiger partial charge on any atom is 0.238 e. The van der Waals surface area contributed by atoms with Gasteiger partial charge in [-0.25, -0.2) is 0 Å². The van der Waals surface area contributed by atoms with Gasteiger partial charge in [-0.05, 0) is 51.1 Å². The van der Waals surface area contributed by atoms with Crippen LogP contribution in [0.5, 0.6) is 0 Å². The Labute approximate surface area is 195 Å². The highest BCUT2D eigenvalue weighted by Gasteiger charge is 2.23. The zero-order valence-electron chi connectivity index (χ0n) is 19.7. The molecule has 33 heavy (non-hydrogen) atoms. The third-order valence-electron chi connectivity index (χ3n) is 6.28. The van der Waals surface area contributed by atoms with E-state index >= 15 is 0 Å². The number of para-hydroxylation sites is 1. The van der Waals surface area contributed by atoms with Crippen LogP contribution in [0.15, 0.2) is 60.7 Å². The molecule has 0 aliphatic carbocycles. The minimum Gasteiger partial charge on any atom is -0.325 e. The normalized spacial score (nSPS) is 14.9. The third-order valence-corrected chi connectivity index (χ3v) is 6.28. The van der Waals surface area contributed by atoms with E-state index in [9.17, 15) is 9.59 Å². The molecule has 2 heterocycles. The second-order valence-electron chi connectivity index (χ2n) is 8.85. The van der Waals surface area contributed by atoms with Crippen molar-refractivity contribution in [2.45, 2.75) is 20.8 Å². The Balaban J connectivity index is 1.31. The first-order valence-corrected chi connectivity index (χ1v) is 11.5. The summed E-state index contributed by atoms with van der Waals surface area (Å²) in [5.41, 5.74) is 5.95. The molecule has 4 rings (SSSR count). The lowest BCUT2D eigenvalue weighted by molar-refractivity contribution is -0.117. The maximum absolute atomic E-state index is 13.1. The van der Waals surface area contributed by atoms with Crippen molar-refractivity contribution in [2.75, 3.05) is 44.6 Å². The van der Waals surface area contributed by atoms with Gasteiger partial charge in [-0.1, -0.05) is 35.9 Å². The average molecular weight is 445 g/mol. The van der Waals surface area contributed by atoms with E-state index in [1.807, 2.05) is 50.2 Å². The average Bonchev–Trinajstić information content (AvgIpc) is 3.10. The molecule has 1 aromatic heterocycles. The smallest absolute Gasteiger partial charge is 0.238 e. The monoisotopic (exact) mass is 444 g/mol. The number of carbonyl (C=O) groups is 2. The molecule has 1 aliphatic heterocycles. The summed E-state index contributed by atoms with van der Waals surface area (Å²) >= 11 is 0. The first kappa shape index (κ1) is 23.0. The highest BCUT2D eigenvalue weighted by atomic mass is 16.2. The largest absolute Gasteiger partial charge is 0.325 e. The Morgan fingerprint density at radius 2 is 1.42 bits per heavy atom. The van der Waals surface area contributed by atoms with Crippen molar-refractivity contribution in [2.24, 2.45) is 0 Å². The molecule has 1 amide bonds. The zero-order valence-corrected chi connectivity index (χ0v) is 19.7. The Morgan fingerprint density at radius 1 is 0.818 bits per heavy atom. The molecular formula is C27H32N4O2. The van der Waals surface area contributed by atoms with Crippen LogP contribution in [-0.4, -0.2) is 65.3 Å². The van der Waals surface area contributed by atoms with E-state index in [2.05, 4.69) is 50.9 Å². The topological polar surface area (TPSA) is 57.6 Å². The van der Waals surface area contributed by atoms with E-state index < -0.39 is 0 Å². The number of benzene rings is 2. The summed E-state index contributed by atoms with van der Waals surface area (Å²) < 4.78 is 2.15. The summed E-state index contributed by atoms with van der Waals surface area (Å²) in [5.74, 6) is 0.144. The van der Waals surface area contributed by atoms with E-state index in [-0.39, 0.29) is 11.7 Å². The fraction of sp³-hybridized carbons (Fsp3) is 0.333. The van der Waals surface area contributed by atoms with Crippen molar-refractivity contribution in [1.82, 2.24) is 14.4 Å². The lowest BCUT2D eigenvalue weighted by Crippen LogP contribution is -2.49. The molecule has 1 saturated heterocycles. The standard InChI is InChI=1S/C27H32N4O2/c1-20-9-11-24(12-10-20)31-21(2)17-25(22(31)3)26(32)18-29-13-15-30(16-14-29)19-27(33)28-23-7-5-4-6-8-23/h4-12,17H,13-16,18-19H2,1-3H3,(H,28,33). The van der Waals surface area contributed by atoms with Crippen molar-refractivity contribution in [1.29, 1.82) is 0 Å². The summed E-state index contributed by atoms with van der Waals surface area (Å²) in [7, 11) is 0. The second kappa shape index (κ2) is 10.1. The summed E-state index contributed by atoms with van der Waals surface area (Å²) in [6, 6.07) is 19.9. The van der Waals surface area contributed by atoms with E-state index in [0.29, 0.717) is 13.1 Å². The highest BCUT2D eigenvalue weighted by molar-refractivity contribution is 5.99. The number of hydrogen-bond donors (Lipinski definition) is 1. The number of nitrogens with zero attached hydrogens (tertiary/aromatic N) is 3. The van der Waals surface area contributed by atoms with Crippen LogP contribution in [0.25, 0.3) is 5.69 Å². The molecule has 3 aromatic rings. The van der Waals surface area contributed by atoms with Crippen LogP contribution >= 0.6 is 0 Å². The van der Waals surface area contributed by atoms with Gasteiger partial charge in [0.05, 0.1) is 13.1 Å². The van der Waals surface area contributed by atoms with Crippen LogP contribution < -0.4 is 5.32 Å². The minimum atomic E-state index is -0.00530. The number of aromatic nitrogens is 1. The Morgan fingerprint density at radius 3 is 2.06 bits per heavy atom. The highest BCUT2D eigenvalue weighted by Crippen LogP contribution is 2.22. The van der Waals surface area contributed by atoms with Gasteiger partial charge in [-0.2, -0.15) is 0 Å². The summed E-state index contributed by atoms with van der Waals surface area (Å²) in [4.78, 5) is 29.8. The van der Waals surface area contributed by atoms with Gasteiger partial charge in [0.2, 0.25) is 5.91 Å². The van der Waals surface area contributed by atoms with Crippen LogP contribution in [0, 0.1) is 20.8 Å². The van der Waals surface area contributed by atoms with Gasteiger partial charge in [0.25, 0.3) is 0 Å². The number of piperazine rings is 1. The number of rotatable bonds is 7. The number of Topliss-reactive ketones (excluding diaryl/α,β-unsaturated/α-hetero) is 1. The van der Waals surface area contributed by atoms with E-state index in [1.54, 1.807) is 0 Å². The van der Waals surface area contributed by atoms with E-state index in [0.717, 1.165) is 54.5 Å². The number of hydrogen-bond acceptors (Lipinski definition) is 4. The van der Waals surface area contributed by atoms with Crippen LogP contribution in [0.3, 0.4) is 0 Å². The maximum atomic E-state index is 13.1. The first-order valence-electron chi connectivity index (χ1n) is 11.5. The molecule has 0 radical (unpaired) electrons. The molecule has 1 N–H and O–H groups in total. The predicted molar refractivity (Wildman–Crippen MR) is 132 cm³/mol. The fourth-order valence-corrected chi connectivity index (χ4v) is 4.46. The SMILES string of the molecule is Cc1ccc(-n2c(C)cc(C(=O)CN3CCN(CC(=O)Nc4ccccc4)CC3)c2C)cc1. The van der Waals surface area contributed by atoms with Crippen LogP contribution in [-0.2, 0) is 4.79 Å².